The molecule has 142 valence electrons. The van der Waals surface area contributed by atoms with Crippen molar-refractivity contribution in [1.82, 2.24) is 9.97 Å². The third-order valence-corrected chi connectivity index (χ3v) is 4.10. The number of aryl methyl sites for hydroxylation is 1. The zero-order valence-corrected chi connectivity index (χ0v) is 15.3. The van der Waals surface area contributed by atoms with Gasteiger partial charge in [0.2, 0.25) is 0 Å². The minimum absolute atomic E-state index is 0.0134. The molecule has 0 spiro atoms. The molecule has 2 aromatic heterocycles. The fourth-order valence-electron chi connectivity index (χ4n) is 2.75. The highest BCUT2D eigenvalue weighted by molar-refractivity contribution is 5.61. The van der Waals surface area contributed by atoms with Gasteiger partial charge in [-0.15, -0.1) is 0 Å². The van der Waals surface area contributed by atoms with Crippen LogP contribution in [0.2, 0.25) is 0 Å². The lowest BCUT2D eigenvalue weighted by molar-refractivity contribution is 0.111. The van der Waals surface area contributed by atoms with Gasteiger partial charge >= 0.3 is 0 Å². The Kier molecular flexibility index (Phi) is 6.58. The second kappa shape index (κ2) is 8.49. The van der Waals surface area contributed by atoms with Crippen LogP contribution in [0.5, 0.6) is 5.75 Å². The maximum absolute atomic E-state index is 14.2. The molecule has 2 aromatic rings. The summed E-state index contributed by atoms with van der Waals surface area (Å²) in [4.78, 5) is 7.75. The van der Waals surface area contributed by atoms with E-state index in [0.717, 1.165) is 6.42 Å². The number of alkyl halides is 2. The number of hydrogen-bond acceptors (Lipinski definition) is 4. The maximum atomic E-state index is 14.2. The number of aromatic nitrogens is 2. The fourth-order valence-corrected chi connectivity index (χ4v) is 2.75. The molecule has 0 saturated heterocycles. The van der Waals surface area contributed by atoms with Gasteiger partial charge in [-0.3, -0.25) is 10.7 Å². The van der Waals surface area contributed by atoms with E-state index in [2.05, 4.69) is 23.8 Å². The van der Waals surface area contributed by atoms with Gasteiger partial charge in [-0.25, -0.2) is 18.2 Å². The van der Waals surface area contributed by atoms with Gasteiger partial charge in [0.1, 0.15) is 17.7 Å². The summed E-state index contributed by atoms with van der Waals surface area (Å²) in [6.45, 7) is 7.51. The fraction of sp³-hybridized carbons (Fsp3) is 0.474. The Labute approximate surface area is 151 Å². The van der Waals surface area contributed by atoms with E-state index in [1.54, 1.807) is 0 Å². The lowest BCUT2D eigenvalue weighted by Gasteiger charge is -2.23. The van der Waals surface area contributed by atoms with Crippen LogP contribution >= 0.6 is 0 Å². The molecule has 4 nitrogen and oxygen atoms in total. The molecular weight excluding hydrogens is 343 g/mol. The summed E-state index contributed by atoms with van der Waals surface area (Å²) in [5.41, 5.74) is 5.83. The number of nitrogens with two attached hydrogens (primary N) is 1. The third-order valence-electron chi connectivity index (χ3n) is 4.10. The zero-order valence-electron chi connectivity index (χ0n) is 15.3. The highest BCUT2D eigenvalue weighted by atomic mass is 19.3. The SMILES string of the molecule is Cc1nccc(-c2ccc(OC(N)C(C)CC(C)C)c(C(F)F)n2)c1F. The van der Waals surface area contributed by atoms with Crippen LogP contribution in [0.25, 0.3) is 11.3 Å². The molecule has 0 radical (unpaired) electrons. The van der Waals surface area contributed by atoms with Gasteiger partial charge in [0.25, 0.3) is 6.43 Å². The van der Waals surface area contributed by atoms with Gasteiger partial charge in [-0.2, -0.15) is 0 Å². The van der Waals surface area contributed by atoms with Gasteiger partial charge in [0.15, 0.2) is 5.82 Å². The quantitative estimate of drug-likeness (QED) is 0.709. The number of nitrogens with zero attached hydrogens (tertiary/aromatic N) is 2. The van der Waals surface area contributed by atoms with Crippen molar-refractivity contribution in [2.75, 3.05) is 0 Å². The number of halogens is 3. The molecule has 2 heterocycles. The van der Waals surface area contributed by atoms with E-state index in [9.17, 15) is 13.2 Å². The molecule has 2 unspecified atom stereocenters. The van der Waals surface area contributed by atoms with Gasteiger partial charge in [-0.05, 0) is 37.5 Å². The molecule has 26 heavy (non-hydrogen) atoms. The molecule has 0 saturated carbocycles. The van der Waals surface area contributed by atoms with Crippen molar-refractivity contribution >= 4 is 0 Å². The molecule has 2 N–H and O–H groups in total. The van der Waals surface area contributed by atoms with Crippen molar-refractivity contribution in [3.63, 3.8) is 0 Å². The third kappa shape index (κ3) is 4.72. The van der Waals surface area contributed by atoms with Crippen LogP contribution in [0.4, 0.5) is 13.2 Å². The van der Waals surface area contributed by atoms with Gasteiger partial charge < -0.3 is 4.74 Å². The Balaban J connectivity index is 2.33. The van der Waals surface area contributed by atoms with Crippen molar-refractivity contribution in [3.05, 3.63) is 41.6 Å². The summed E-state index contributed by atoms with van der Waals surface area (Å²) < 4.78 is 46.7. The van der Waals surface area contributed by atoms with Crippen LogP contribution < -0.4 is 10.5 Å². The van der Waals surface area contributed by atoms with E-state index in [0.29, 0.717) is 5.92 Å². The molecular formula is C19H24F3N3O. The smallest absolute Gasteiger partial charge is 0.284 e. The van der Waals surface area contributed by atoms with E-state index < -0.39 is 24.2 Å². The Bertz CT molecular complexity index is 753. The number of rotatable bonds is 7. The molecule has 0 aromatic carbocycles. The Morgan fingerprint density at radius 2 is 1.85 bits per heavy atom. The molecule has 0 fully saturated rings. The minimum atomic E-state index is -2.87. The van der Waals surface area contributed by atoms with Crippen molar-refractivity contribution < 1.29 is 17.9 Å². The first kappa shape index (κ1) is 20.2. The summed E-state index contributed by atoms with van der Waals surface area (Å²) in [5.74, 6) is -0.276. The Hall–Kier alpha value is -2.15. The van der Waals surface area contributed by atoms with Crippen molar-refractivity contribution in [1.29, 1.82) is 0 Å². The zero-order chi connectivity index (χ0) is 19.4. The lowest BCUT2D eigenvalue weighted by atomic mass is 9.98. The largest absolute Gasteiger partial charge is 0.473 e. The number of hydrogen-bond donors (Lipinski definition) is 1. The van der Waals surface area contributed by atoms with E-state index in [-0.39, 0.29) is 28.6 Å². The highest BCUT2D eigenvalue weighted by Crippen LogP contribution is 2.32. The topological polar surface area (TPSA) is 61.0 Å². The monoisotopic (exact) mass is 367 g/mol. The molecule has 7 heteroatoms. The van der Waals surface area contributed by atoms with E-state index >= 15 is 0 Å². The Morgan fingerprint density at radius 3 is 2.46 bits per heavy atom. The molecule has 0 aliphatic heterocycles. The van der Waals surface area contributed by atoms with E-state index in [1.807, 2.05) is 6.92 Å². The summed E-state index contributed by atoms with van der Waals surface area (Å²) >= 11 is 0. The van der Waals surface area contributed by atoms with Crippen LogP contribution in [0.3, 0.4) is 0 Å². The second-order valence-electron chi connectivity index (χ2n) is 6.83. The molecule has 2 rings (SSSR count). The van der Waals surface area contributed by atoms with Crippen molar-refractivity contribution in [2.45, 2.75) is 46.8 Å². The summed E-state index contributed by atoms with van der Waals surface area (Å²) in [7, 11) is 0. The normalized spacial score (nSPS) is 13.9. The maximum Gasteiger partial charge on any atom is 0.284 e. The Morgan fingerprint density at radius 1 is 1.15 bits per heavy atom. The molecule has 0 aliphatic rings. The predicted molar refractivity (Wildman–Crippen MR) is 94.3 cm³/mol. The van der Waals surface area contributed by atoms with Crippen LogP contribution in [0, 0.1) is 24.6 Å². The van der Waals surface area contributed by atoms with Crippen LogP contribution in [-0.2, 0) is 0 Å². The standard InChI is InChI=1S/C19H24F3N3O/c1-10(2)9-11(3)19(23)26-15-6-5-14(25-17(15)18(21)22)13-7-8-24-12(4)16(13)20/h5-8,10-11,18-19H,9,23H2,1-4H3. The first-order valence-electron chi connectivity index (χ1n) is 8.53. The summed E-state index contributed by atoms with van der Waals surface area (Å²) in [6.07, 6.45) is -1.39. The second-order valence-corrected chi connectivity index (χ2v) is 6.83. The number of ether oxygens (including phenoxy) is 1. The molecule has 0 bridgehead atoms. The average Bonchev–Trinajstić information content (AvgIpc) is 2.57. The van der Waals surface area contributed by atoms with Crippen LogP contribution in [0.1, 0.15) is 45.0 Å². The molecule has 0 amide bonds. The van der Waals surface area contributed by atoms with Crippen LogP contribution in [0.15, 0.2) is 24.4 Å². The highest BCUT2D eigenvalue weighted by Gasteiger charge is 2.23. The number of pyridine rings is 2. The van der Waals surface area contributed by atoms with Gasteiger partial charge in [0.05, 0.1) is 11.4 Å². The molecule has 2 atom stereocenters. The minimum Gasteiger partial charge on any atom is -0.473 e. The molecule has 0 aliphatic carbocycles. The summed E-state index contributed by atoms with van der Waals surface area (Å²) in [5, 5.41) is 0. The van der Waals surface area contributed by atoms with Crippen LogP contribution in [-0.4, -0.2) is 16.2 Å². The first-order chi connectivity index (χ1) is 12.2. The first-order valence-corrected chi connectivity index (χ1v) is 8.53. The predicted octanol–water partition coefficient (Wildman–Crippen LogP) is 4.87. The lowest BCUT2D eigenvalue weighted by Crippen LogP contribution is -2.35. The van der Waals surface area contributed by atoms with E-state index in [4.69, 9.17) is 10.5 Å². The summed E-state index contributed by atoms with van der Waals surface area (Å²) in [6, 6.07) is 4.21. The van der Waals surface area contributed by atoms with Gasteiger partial charge in [-0.1, -0.05) is 20.8 Å². The van der Waals surface area contributed by atoms with E-state index in [1.165, 1.54) is 31.3 Å². The van der Waals surface area contributed by atoms with Crippen molar-refractivity contribution in [2.24, 2.45) is 17.6 Å². The van der Waals surface area contributed by atoms with Crippen molar-refractivity contribution in [3.8, 4) is 17.0 Å². The average molecular weight is 367 g/mol. The van der Waals surface area contributed by atoms with Gasteiger partial charge in [0, 0.05) is 17.7 Å².